The first-order valence-electron chi connectivity index (χ1n) is 11.2. The molecule has 0 heterocycles. The molecule has 1 atom stereocenters. The van der Waals surface area contributed by atoms with Crippen LogP contribution in [0.5, 0.6) is 0 Å². The van der Waals surface area contributed by atoms with Crippen LogP contribution < -0.4 is 9.62 Å². The van der Waals surface area contributed by atoms with Gasteiger partial charge in [0.1, 0.15) is 12.6 Å². The summed E-state index contributed by atoms with van der Waals surface area (Å²) in [6.07, 6.45) is 1.26. The number of anilines is 1. The minimum atomic E-state index is -3.82. The molecule has 0 aliphatic carbocycles. The monoisotopic (exact) mass is 673 g/mol. The van der Waals surface area contributed by atoms with Crippen molar-refractivity contribution in [2.45, 2.75) is 19.0 Å². The van der Waals surface area contributed by atoms with Crippen LogP contribution in [0.3, 0.4) is 0 Å². The molecule has 37 heavy (non-hydrogen) atoms. The summed E-state index contributed by atoms with van der Waals surface area (Å²) in [6, 6.07) is 20.0. The number of rotatable bonds is 10. The van der Waals surface area contributed by atoms with Crippen LogP contribution in [0.1, 0.15) is 11.1 Å². The van der Waals surface area contributed by atoms with Gasteiger partial charge in [-0.1, -0.05) is 59.6 Å². The van der Waals surface area contributed by atoms with Crippen LogP contribution in [0.15, 0.2) is 72.8 Å². The summed E-state index contributed by atoms with van der Waals surface area (Å²) >= 11 is 14.6. The van der Waals surface area contributed by atoms with Crippen molar-refractivity contribution in [1.82, 2.24) is 10.2 Å². The third-order valence-electron chi connectivity index (χ3n) is 5.67. The highest BCUT2D eigenvalue weighted by atomic mass is 127. The number of nitrogens with zero attached hydrogens (tertiary/aromatic N) is 2. The molecular formula is C26H26Cl2IN3O4S. The van der Waals surface area contributed by atoms with Crippen molar-refractivity contribution < 1.29 is 18.0 Å². The van der Waals surface area contributed by atoms with E-state index in [1.54, 1.807) is 42.5 Å². The van der Waals surface area contributed by atoms with Gasteiger partial charge in [-0.3, -0.25) is 13.9 Å². The molecule has 0 saturated carbocycles. The van der Waals surface area contributed by atoms with Gasteiger partial charge in [0.15, 0.2) is 0 Å². The average Bonchev–Trinajstić information content (AvgIpc) is 2.86. The van der Waals surface area contributed by atoms with E-state index in [1.807, 2.05) is 30.3 Å². The lowest BCUT2D eigenvalue weighted by atomic mass is 10.0. The molecule has 2 amide bonds. The Morgan fingerprint density at radius 2 is 1.65 bits per heavy atom. The molecule has 0 aliphatic heterocycles. The zero-order valence-corrected chi connectivity index (χ0v) is 24.7. The lowest BCUT2D eigenvalue weighted by Crippen LogP contribution is -2.52. The number of halogens is 3. The molecule has 0 unspecified atom stereocenters. The third-order valence-corrected chi connectivity index (χ3v) is 8.11. The number of carbonyl (C=O) groups excluding carboxylic acids is 2. The third kappa shape index (κ3) is 8.07. The summed E-state index contributed by atoms with van der Waals surface area (Å²) in [7, 11) is -2.32. The van der Waals surface area contributed by atoms with E-state index in [4.69, 9.17) is 23.2 Å². The predicted molar refractivity (Wildman–Crippen MR) is 156 cm³/mol. The zero-order valence-electron chi connectivity index (χ0n) is 20.2. The lowest BCUT2D eigenvalue weighted by molar-refractivity contribution is -0.139. The van der Waals surface area contributed by atoms with Crippen LogP contribution in [0, 0.1) is 3.57 Å². The second-order valence-electron chi connectivity index (χ2n) is 8.32. The molecule has 0 saturated heterocycles. The number of benzene rings is 3. The number of hydrogen-bond donors (Lipinski definition) is 1. The highest BCUT2D eigenvalue weighted by Crippen LogP contribution is 2.25. The summed E-state index contributed by atoms with van der Waals surface area (Å²) < 4.78 is 27.4. The largest absolute Gasteiger partial charge is 0.357 e. The summed E-state index contributed by atoms with van der Waals surface area (Å²) in [4.78, 5) is 28.3. The molecule has 0 aliphatic rings. The zero-order chi connectivity index (χ0) is 27.2. The van der Waals surface area contributed by atoms with Crippen LogP contribution >= 0.6 is 45.8 Å². The van der Waals surface area contributed by atoms with Gasteiger partial charge in [0.05, 0.1) is 11.9 Å². The Kier molecular flexibility index (Phi) is 10.2. The van der Waals surface area contributed by atoms with E-state index in [1.165, 1.54) is 11.9 Å². The highest BCUT2D eigenvalue weighted by Gasteiger charge is 2.33. The van der Waals surface area contributed by atoms with Gasteiger partial charge in [0.2, 0.25) is 21.8 Å². The fourth-order valence-electron chi connectivity index (χ4n) is 3.78. The van der Waals surface area contributed by atoms with E-state index in [9.17, 15) is 18.0 Å². The van der Waals surface area contributed by atoms with Crippen molar-refractivity contribution in [2.75, 3.05) is 24.2 Å². The van der Waals surface area contributed by atoms with E-state index in [-0.39, 0.29) is 18.9 Å². The second-order valence-corrected chi connectivity index (χ2v) is 12.3. The average molecular weight is 674 g/mol. The van der Waals surface area contributed by atoms with Gasteiger partial charge in [-0.05, 0) is 70.1 Å². The molecule has 0 bridgehead atoms. The lowest BCUT2D eigenvalue weighted by Gasteiger charge is -2.33. The van der Waals surface area contributed by atoms with E-state index in [2.05, 4.69) is 27.9 Å². The van der Waals surface area contributed by atoms with Gasteiger partial charge in [-0.25, -0.2) is 8.42 Å². The fourth-order valence-corrected chi connectivity index (χ4v) is 5.45. The number of sulfonamides is 1. The summed E-state index contributed by atoms with van der Waals surface area (Å²) in [5.41, 5.74) is 1.76. The van der Waals surface area contributed by atoms with Gasteiger partial charge < -0.3 is 10.2 Å². The Bertz CT molecular complexity index is 1360. The SMILES string of the molecule is CNC(=O)[C@@H](Cc1ccccc1)N(Cc1ccc(Cl)cc1Cl)C(=O)CN(c1ccc(I)cc1)S(C)(=O)=O. The maximum atomic E-state index is 13.8. The minimum Gasteiger partial charge on any atom is -0.357 e. The van der Waals surface area contributed by atoms with Crippen molar-refractivity contribution in [2.24, 2.45) is 0 Å². The molecule has 3 rings (SSSR count). The first-order valence-corrected chi connectivity index (χ1v) is 14.9. The first kappa shape index (κ1) is 29.2. The molecule has 1 N–H and O–H groups in total. The summed E-state index contributed by atoms with van der Waals surface area (Å²) in [5, 5.41) is 3.40. The smallest absolute Gasteiger partial charge is 0.244 e. The van der Waals surface area contributed by atoms with E-state index >= 15 is 0 Å². The van der Waals surface area contributed by atoms with Gasteiger partial charge in [-0.15, -0.1) is 0 Å². The maximum Gasteiger partial charge on any atom is 0.244 e. The number of amides is 2. The van der Waals surface area contributed by atoms with Gasteiger partial charge in [-0.2, -0.15) is 0 Å². The molecule has 7 nitrogen and oxygen atoms in total. The van der Waals surface area contributed by atoms with Crippen molar-refractivity contribution in [1.29, 1.82) is 0 Å². The van der Waals surface area contributed by atoms with E-state index in [0.717, 1.165) is 19.7 Å². The Morgan fingerprint density at radius 3 is 2.22 bits per heavy atom. The minimum absolute atomic E-state index is 0.0238. The van der Waals surface area contributed by atoms with Crippen LogP contribution in [0.2, 0.25) is 10.0 Å². The molecule has 0 spiro atoms. The molecule has 0 fully saturated rings. The van der Waals surface area contributed by atoms with Gasteiger partial charge in [0, 0.05) is 33.6 Å². The topological polar surface area (TPSA) is 86.8 Å². The molecule has 0 aromatic heterocycles. The van der Waals surface area contributed by atoms with E-state index < -0.39 is 28.5 Å². The number of hydrogen-bond acceptors (Lipinski definition) is 4. The fraction of sp³-hybridized carbons (Fsp3) is 0.231. The molecule has 196 valence electrons. The van der Waals surface area contributed by atoms with Gasteiger partial charge >= 0.3 is 0 Å². The molecular weight excluding hydrogens is 648 g/mol. The predicted octanol–water partition coefficient (Wildman–Crippen LogP) is 4.75. The van der Waals surface area contributed by atoms with Crippen LogP contribution in [0.4, 0.5) is 5.69 Å². The second kappa shape index (κ2) is 12.9. The number of likely N-dealkylation sites (N-methyl/N-ethyl adjacent to an activating group) is 1. The maximum absolute atomic E-state index is 13.8. The quantitative estimate of drug-likeness (QED) is 0.315. The Morgan fingerprint density at radius 1 is 1.00 bits per heavy atom. The van der Waals surface area contributed by atoms with Gasteiger partial charge in [0.25, 0.3) is 0 Å². The Hall–Kier alpha value is -2.34. The Balaban J connectivity index is 2.04. The molecule has 3 aromatic rings. The Labute approximate surface area is 240 Å². The number of carbonyl (C=O) groups is 2. The van der Waals surface area contributed by atoms with Crippen LogP contribution in [0.25, 0.3) is 0 Å². The van der Waals surface area contributed by atoms with Crippen molar-refractivity contribution in [3.8, 4) is 0 Å². The highest BCUT2D eigenvalue weighted by molar-refractivity contribution is 14.1. The summed E-state index contributed by atoms with van der Waals surface area (Å²) in [5.74, 6) is -0.943. The van der Waals surface area contributed by atoms with Crippen molar-refractivity contribution >= 4 is 73.3 Å². The first-order chi connectivity index (χ1) is 17.5. The number of nitrogens with one attached hydrogen (secondary N) is 1. The normalized spacial score (nSPS) is 12.0. The standard InChI is InChI=1S/C26H26Cl2IN3O4S/c1-30-26(34)24(14-18-6-4-3-5-7-18)31(16-19-8-9-20(27)15-23(19)28)25(33)17-32(37(2,35)36)22-12-10-21(29)11-13-22/h3-13,15,24H,14,16-17H2,1-2H3,(H,30,34)/t24-/m1/s1. The summed E-state index contributed by atoms with van der Waals surface area (Å²) in [6.45, 7) is -0.517. The van der Waals surface area contributed by atoms with Crippen molar-refractivity contribution in [3.05, 3.63) is 97.5 Å². The van der Waals surface area contributed by atoms with Crippen molar-refractivity contribution in [3.63, 3.8) is 0 Å². The molecule has 3 aromatic carbocycles. The van der Waals surface area contributed by atoms with Crippen LogP contribution in [-0.4, -0.2) is 51.0 Å². The molecule has 0 radical (unpaired) electrons. The molecule has 11 heteroatoms. The van der Waals surface area contributed by atoms with Crippen LogP contribution in [-0.2, 0) is 32.6 Å². The van der Waals surface area contributed by atoms with E-state index in [0.29, 0.717) is 21.3 Å².